The maximum absolute atomic E-state index is 11.6. The summed E-state index contributed by atoms with van der Waals surface area (Å²) in [5.41, 5.74) is 7.57. The van der Waals surface area contributed by atoms with Crippen LogP contribution in [0.1, 0.15) is 30.6 Å². The van der Waals surface area contributed by atoms with Gasteiger partial charge in [-0.3, -0.25) is 0 Å². The van der Waals surface area contributed by atoms with E-state index < -0.39 is 0 Å². The number of ether oxygens (including phenoxy) is 2. The van der Waals surface area contributed by atoms with Gasteiger partial charge in [-0.05, 0) is 37.1 Å². The van der Waals surface area contributed by atoms with Gasteiger partial charge in [0.1, 0.15) is 12.4 Å². The zero-order chi connectivity index (χ0) is 13.5. The minimum absolute atomic E-state index is 0.366. The average molecular weight is 249 g/mol. The van der Waals surface area contributed by atoms with Crippen LogP contribution < -0.4 is 10.5 Å². The fraction of sp³-hybridized carbons (Fsp3) is 0.357. The number of carbonyl (C=O) groups excluding carboxylic acids is 1. The third-order valence-electron chi connectivity index (χ3n) is 2.16. The van der Waals surface area contributed by atoms with E-state index in [2.05, 4.69) is 6.58 Å². The summed E-state index contributed by atoms with van der Waals surface area (Å²) >= 11 is 0. The molecule has 0 heterocycles. The van der Waals surface area contributed by atoms with Crippen molar-refractivity contribution in [3.8, 4) is 5.75 Å². The van der Waals surface area contributed by atoms with Crippen LogP contribution in [0.5, 0.6) is 5.75 Å². The monoisotopic (exact) mass is 249 g/mol. The number of nitrogens with two attached hydrogens (primary N) is 1. The van der Waals surface area contributed by atoms with Crippen molar-refractivity contribution < 1.29 is 14.3 Å². The molecule has 0 saturated heterocycles. The van der Waals surface area contributed by atoms with Gasteiger partial charge in [0.2, 0.25) is 0 Å². The number of carbonyl (C=O) groups is 1. The summed E-state index contributed by atoms with van der Waals surface area (Å²) in [6.07, 6.45) is 0.793. The lowest BCUT2D eigenvalue weighted by Gasteiger charge is -2.10. The van der Waals surface area contributed by atoms with Gasteiger partial charge in [0.05, 0.1) is 17.9 Å². The summed E-state index contributed by atoms with van der Waals surface area (Å²) in [6.45, 7) is 8.36. The summed E-state index contributed by atoms with van der Waals surface area (Å²) in [4.78, 5) is 11.6. The van der Waals surface area contributed by atoms with E-state index in [0.29, 0.717) is 30.2 Å². The Labute approximate surface area is 107 Å². The minimum Gasteiger partial charge on any atom is -0.487 e. The molecule has 4 nitrogen and oxygen atoms in total. The highest BCUT2D eigenvalue weighted by Gasteiger charge is 2.09. The van der Waals surface area contributed by atoms with E-state index in [1.807, 2.05) is 13.8 Å². The molecule has 0 aliphatic carbocycles. The van der Waals surface area contributed by atoms with E-state index in [-0.39, 0.29) is 5.97 Å². The molecule has 0 aromatic heterocycles. The normalized spacial score (nSPS) is 9.89. The van der Waals surface area contributed by atoms with Gasteiger partial charge in [-0.2, -0.15) is 0 Å². The van der Waals surface area contributed by atoms with E-state index in [1.165, 1.54) is 0 Å². The molecule has 2 N–H and O–H groups in total. The molecule has 0 spiro atoms. The van der Waals surface area contributed by atoms with Gasteiger partial charge in [-0.1, -0.05) is 13.5 Å². The van der Waals surface area contributed by atoms with Crippen molar-refractivity contribution in [1.82, 2.24) is 0 Å². The number of nitrogen functional groups attached to an aromatic ring is 1. The summed E-state index contributed by atoms with van der Waals surface area (Å²) in [5.74, 6) is 0.181. The van der Waals surface area contributed by atoms with Crippen LogP contribution in [0, 0.1) is 0 Å². The summed E-state index contributed by atoms with van der Waals surface area (Å²) in [7, 11) is 0. The first-order valence-corrected chi connectivity index (χ1v) is 5.88. The second-order valence-corrected chi connectivity index (χ2v) is 4.13. The third kappa shape index (κ3) is 4.13. The molecule has 98 valence electrons. The maximum Gasteiger partial charge on any atom is 0.338 e. The van der Waals surface area contributed by atoms with E-state index >= 15 is 0 Å². The highest BCUT2D eigenvalue weighted by Crippen LogP contribution is 2.23. The summed E-state index contributed by atoms with van der Waals surface area (Å²) in [5, 5.41) is 0. The molecular formula is C14H19NO3. The topological polar surface area (TPSA) is 61.5 Å². The van der Waals surface area contributed by atoms with Crippen LogP contribution in [0.3, 0.4) is 0 Å². The zero-order valence-corrected chi connectivity index (χ0v) is 10.9. The second-order valence-electron chi connectivity index (χ2n) is 4.13. The molecule has 0 aliphatic rings. The van der Waals surface area contributed by atoms with Crippen molar-refractivity contribution >= 4 is 11.7 Å². The van der Waals surface area contributed by atoms with Crippen molar-refractivity contribution in [3.63, 3.8) is 0 Å². The lowest BCUT2D eigenvalue weighted by Crippen LogP contribution is -2.07. The smallest absolute Gasteiger partial charge is 0.338 e. The average Bonchev–Trinajstić information content (AvgIpc) is 2.34. The molecule has 0 aliphatic heterocycles. The predicted octanol–water partition coefficient (Wildman–Crippen LogP) is 2.79. The van der Waals surface area contributed by atoms with Crippen molar-refractivity contribution in [2.45, 2.75) is 20.3 Å². The third-order valence-corrected chi connectivity index (χ3v) is 2.16. The Morgan fingerprint density at radius 1 is 1.44 bits per heavy atom. The van der Waals surface area contributed by atoms with Gasteiger partial charge in [0, 0.05) is 0 Å². The Morgan fingerprint density at radius 2 is 2.17 bits per heavy atom. The van der Waals surface area contributed by atoms with Gasteiger partial charge in [0.15, 0.2) is 0 Å². The van der Waals surface area contributed by atoms with Crippen LogP contribution in [-0.4, -0.2) is 19.2 Å². The lowest BCUT2D eigenvalue weighted by molar-refractivity contribution is 0.0505. The van der Waals surface area contributed by atoms with Crippen LogP contribution in [-0.2, 0) is 4.74 Å². The first kappa shape index (κ1) is 14.1. The second kappa shape index (κ2) is 6.69. The molecule has 1 aromatic rings. The largest absolute Gasteiger partial charge is 0.487 e. The molecule has 0 bridgehead atoms. The quantitative estimate of drug-likeness (QED) is 0.478. The minimum atomic E-state index is -0.366. The number of hydrogen-bond donors (Lipinski definition) is 1. The Hall–Kier alpha value is -1.97. The molecular weight excluding hydrogens is 230 g/mol. The van der Waals surface area contributed by atoms with Gasteiger partial charge in [-0.25, -0.2) is 4.79 Å². The van der Waals surface area contributed by atoms with Crippen molar-refractivity contribution in [2.75, 3.05) is 18.9 Å². The maximum atomic E-state index is 11.6. The predicted molar refractivity (Wildman–Crippen MR) is 71.7 cm³/mol. The van der Waals surface area contributed by atoms with Crippen LogP contribution in [0.25, 0.3) is 0 Å². The van der Waals surface area contributed by atoms with Crippen LogP contribution in [0.4, 0.5) is 5.69 Å². The van der Waals surface area contributed by atoms with Gasteiger partial charge < -0.3 is 15.2 Å². The molecule has 0 amide bonds. The number of esters is 1. The highest BCUT2D eigenvalue weighted by atomic mass is 16.5. The molecule has 18 heavy (non-hydrogen) atoms. The molecule has 0 atom stereocenters. The molecule has 0 fully saturated rings. The number of rotatable bonds is 6. The first-order chi connectivity index (χ1) is 8.54. The van der Waals surface area contributed by atoms with E-state index in [9.17, 15) is 4.79 Å². The van der Waals surface area contributed by atoms with Crippen molar-refractivity contribution in [1.29, 1.82) is 0 Å². The molecule has 1 rings (SSSR count). The fourth-order valence-electron chi connectivity index (χ4n) is 1.29. The summed E-state index contributed by atoms with van der Waals surface area (Å²) < 4.78 is 10.5. The van der Waals surface area contributed by atoms with E-state index in [1.54, 1.807) is 18.2 Å². The SMILES string of the molecule is C=C(C)COc1ccc(C(=O)OCCC)cc1N. The lowest BCUT2D eigenvalue weighted by atomic mass is 10.2. The van der Waals surface area contributed by atoms with E-state index in [0.717, 1.165) is 12.0 Å². The zero-order valence-electron chi connectivity index (χ0n) is 10.9. The van der Waals surface area contributed by atoms with Crippen LogP contribution in [0.2, 0.25) is 0 Å². The number of hydrogen-bond acceptors (Lipinski definition) is 4. The van der Waals surface area contributed by atoms with Crippen LogP contribution >= 0.6 is 0 Å². The molecule has 1 aromatic carbocycles. The Bertz CT molecular complexity index is 441. The fourth-order valence-corrected chi connectivity index (χ4v) is 1.29. The molecule has 0 saturated carbocycles. The molecule has 4 heteroatoms. The highest BCUT2D eigenvalue weighted by molar-refractivity contribution is 5.91. The Kier molecular flexibility index (Phi) is 5.24. The van der Waals surface area contributed by atoms with Crippen molar-refractivity contribution in [3.05, 3.63) is 35.9 Å². The number of anilines is 1. The Morgan fingerprint density at radius 3 is 2.72 bits per heavy atom. The van der Waals surface area contributed by atoms with Crippen molar-refractivity contribution in [2.24, 2.45) is 0 Å². The summed E-state index contributed by atoms with van der Waals surface area (Å²) in [6, 6.07) is 4.87. The van der Waals surface area contributed by atoms with Gasteiger partial charge in [-0.15, -0.1) is 0 Å². The van der Waals surface area contributed by atoms with E-state index in [4.69, 9.17) is 15.2 Å². The Balaban J connectivity index is 2.72. The van der Waals surface area contributed by atoms with Gasteiger partial charge in [0.25, 0.3) is 0 Å². The number of benzene rings is 1. The first-order valence-electron chi connectivity index (χ1n) is 5.88. The van der Waals surface area contributed by atoms with Crippen LogP contribution in [0.15, 0.2) is 30.4 Å². The van der Waals surface area contributed by atoms with Gasteiger partial charge >= 0.3 is 5.97 Å². The molecule has 0 radical (unpaired) electrons. The standard InChI is InChI=1S/C14H19NO3/c1-4-7-17-14(16)11-5-6-13(12(15)8-11)18-9-10(2)3/h5-6,8H,2,4,7,9,15H2,1,3H3. The molecule has 0 unspecified atom stereocenters.